The van der Waals surface area contributed by atoms with Crippen molar-refractivity contribution in [1.29, 1.82) is 0 Å². The normalized spacial score (nSPS) is 11.0. The molecule has 4 heteroatoms. The van der Waals surface area contributed by atoms with E-state index in [0.717, 1.165) is 33.1 Å². The largest absolute Gasteiger partial charge is 0.299 e. The minimum Gasteiger partial charge on any atom is -0.299 e. The number of pyridine rings is 2. The van der Waals surface area contributed by atoms with Crippen molar-refractivity contribution in [3.63, 3.8) is 0 Å². The van der Waals surface area contributed by atoms with E-state index in [1.807, 2.05) is 48.7 Å². The fraction of sp³-hybridized carbons (Fsp3) is 0. The summed E-state index contributed by atoms with van der Waals surface area (Å²) in [7, 11) is 0. The van der Waals surface area contributed by atoms with E-state index in [4.69, 9.17) is 4.98 Å². The highest BCUT2D eigenvalue weighted by molar-refractivity contribution is 7.80. The van der Waals surface area contributed by atoms with Gasteiger partial charge < -0.3 is 0 Å². The highest BCUT2D eigenvalue weighted by atomic mass is 32.1. The van der Waals surface area contributed by atoms with Crippen LogP contribution in [0.15, 0.2) is 78.1 Å². The van der Waals surface area contributed by atoms with Crippen molar-refractivity contribution in [3.8, 4) is 22.5 Å². The van der Waals surface area contributed by atoms with Crippen LogP contribution in [-0.2, 0) is 0 Å². The van der Waals surface area contributed by atoms with Crippen LogP contribution in [0.1, 0.15) is 0 Å². The lowest BCUT2D eigenvalue weighted by molar-refractivity contribution is 1.19. The van der Waals surface area contributed by atoms with Gasteiger partial charge in [-0.2, -0.15) is 0 Å². The van der Waals surface area contributed by atoms with Gasteiger partial charge in [0.25, 0.3) is 0 Å². The Morgan fingerprint density at radius 1 is 0.818 bits per heavy atom. The van der Waals surface area contributed by atoms with Crippen molar-refractivity contribution in [2.75, 3.05) is 0 Å². The lowest BCUT2D eigenvalue weighted by Gasteiger charge is -2.05. The zero-order valence-electron chi connectivity index (χ0n) is 11.7. The topological polar surface area (TPSA) is 30.2 Å². The average molecular weight is 303 g/mol. The van der Waals surface area contributed by atoms with Crippen LogP contribution in [0.2, 0.25) is 0 Å². The summed E-state index contributed by atoms with van der Waals surface area (Å²) in [6.45, 7) is 0. The Kier molecular flexibility index (Phi) is 3.16. The predicted molar refractivity (Wildman–Crippen MR) is 91.1 cm³/mol. The highest BCUT2D eigenvalue weighted by Crippen LogP contribution is 2.32. The van der Waals surface area contributed by atoms with Gasteiger partial charge in [0.2, 0.25) is 0 Å². The van der Waals surface area contributed by atoms with Gasteiger partial charge in [0, 0.05) is 34.6 Å². The van der Waals surface area contributed by atoms with E-state index < -0.39 is 0 Å². The standard InChI is InChI=1S/C18H13N3S/c22-15-6-4-13(5-7-15)17-18(14-8-10-19-11-9-14)21-12-2-1-3-16(21)20-17/h1-12,22H. The van der Waals surface area contributed by atoms with E-state index in [2.05, 4.69) is 34.1 Å². The van der Waals surface area contributed by atoms with Gasteiger partial charge in [-0.15, -0.1) is 12.6 Å². The summed E-state index contributed by atoms with van der Waals surface area (Å²) in [5, 5.41) is 0. The summed E-state index contributed by atoms with van der Waals surface area (Å²) in [4.78, 5) is 9.86. The molecule has 106 valence electrons. The van der Waals surface area contributed by atoms with Crippen LogP contribution < -0.4 is 0 Å². The lowest BCUT2D eigenvalue weighted by Crippen LogP contribution is -1.89. The molecular weight excluding hydrogens is 290 g/mol. The molecule has 4 rings (SSSR count). The number of rotatable bonds is 2. The van der Waals surface area contributed by atoms with Crippen LogP contribution in [-0.4, -0.2) is 14.4 Å². The van der Waals surface area contributed by atoms with E-state index in [9.17, 15) is 0 Å². The molecule has 0 saturated carbocycles. The quantitative estimate of drug-likeness (QED) is 0.558. The maximum Gasteiger partial charge on any atom is 0.137 e. The molecule has 3 nitrogen and oxygen atoms in total. The van der Waals surface area contributed by atoms with E-state index in [1.54, 1.807) is 12.4 Å². The van der Waals surface area contributed by atoms with Crippen LogP contribution >= 0.6 is 12.6 Å². The molecule has 4 aromatic rings. The molecule has 0 amide bonds. The van der Waals surface area contributed by atoms with Crippen LogP contribution in [0.4, 0.5) is 0 Å². The zero-order valence-corrected chi connectivity index (χ0v) is 12.6. The Morgan fingerprint density at radius 3 is 2.36 bits per heavy atom. The Labute approximate surface area is 133 Å². The van der Waals surface area contributed by atoms with Gasteiger partial charge in [-0.3, -0.25) is 9.38 Å². The van der Waals surface area contributed by atoms with E-state index in [1.165, 1.54) is 0 Å². The van der Waals surface area contributed by atoms with Crippen molar-refractivity contribution in [2.24, 2.45) is 0 Å². The molecular formula is C18H13N3S. The Hall–Kier alpha value is -2.59. The number of imidazole rings is 1. The molecule has 22 heavy (non-hydrogen) atoms. The molecule has 0 radical (unpaired) electrons. The van der Waals surface area contributed by atoms with Gasteiger partial charge in [-0.25, -0.2) is 4.98 Å². The van der Waals surface area contributed by atoms with E-state index >= 15 is 0 Å². The molecule has 0 aliphatic rings. The molecule has 0 saturated heterocycles. The summed E-state index contributed by atoms with van der Waals surface area (Å²) in [5.41, 5.74) is 5.14. The van der Waals surface area contributed by atoms with Crippen LogP contribution in [0, 0.1) is 0 Å². The van der Waals surface area contributed by atoms with Crippen molar-refractivity contribution < 1.29 is 0 Å². The van der Waals surface area contributed by atoms with Crippen molar-refractivity contribution in [2.45, 2.75) is 4.90 Å². The lowest BCUT2D eigenvalue weighted by atomic mass is 10.1. The number of benzene rings is 1. The van der Waals surface area contributed by atoms with E-state index in [0.29, 0.717) is 0 Å². The number of hydrogen-bond acceptors (Lipinski definition) is 3. The molecule has 0 atom stereocenters. The second kappa shape index (κ2) is 5.31. The van der Waals surface area contributed by atoms with Gasteiger partial charge in [0.05, 0.1) is 11.4 Å². The smallest absolute Gasteiger partial charge is 0.137 e. The third-order valence-corrected chi connectivity index (χ3v) is 3.92. The highest BCUT2D eigenvalue weighted by Gasteiger charge is 2.15. The molecule has 0 bridgehead atoms. The first-order chi connectivity index (χ1) is 10.8. The maximum atomic E-state index is 4.81. The molecule has 0 aliphatic carbocycles. The molecule has 0 aliphatic heterocycles. The number of aromatic nitrogens is 3. The van der Waals surface area contributed by atoms with Gasteiger partial charge in [-0.1, -0.05) is 18.2 Å². The zero-order chi connectivity index (χ0) is 14.9. The number of fused-ring (bicyclic) bond motifs is 1. The minimum absolute atomic E-state index is 0.930. The summed E-state index contributed by atoms with van der Waals surface area (Å²) in [6.07, 6.45) is 5.64. The summed E-state index contributed by atoms with van der Waals surface area (Å²) < 4.78 is 2.11. The Bertz CT molecular complexity index is 928. The SMILES string of the molecule is Sc1ccc(-c2nc3ccccn3c2-c2ccncc2)cc1. The molecule has 0 unspecified atom stereocenters. The molecule has 0 N–H and O–H groups in total. The molecule has 0 fully saturated rings. The number of thiol groups is 1. The summed E-state index contributed by atoms with van der Waals surface area (Å²) in [5.74, 6) is 0. The van der Waals surface area contributed by atoms with Crippen molar-refractivity contribution in [3.05, 3.63) is 73.2 Å². The number of hydrogen-bond donors (Lipinski definition) is 1. The summed E-state index contributed by atoms with van der Waals surface area (Å²) >= 11 is 4.36. The first kappa shape index (κ1) is 13.1. The van der Waals surface area contributed by atoms with Crippen molar-refractivity contribution in [1.82, 2.24) is 14.4 Å². The number of nitrogens with zero attached hydrogens (tertiary/aromatic N) is 3. The van der Waals surface area contributed by atoms with Crippen LogP contribution in [0.25, 0.3) is 28.2 Å². The monoisotopic (exact) mass is 303 g/mol. The minimum atomic E-state index is 0.930. The van der Waals surface area contributed by atoms with Crippen LogP contribution in [0.3, 0.4) is 0 Å². The third-order valence-electron chi connectivity index (χ3n) is 3.62. The van der Waals surface area contributed by atoms with Crippen LogP contribution in [0.5, 0.6) is 0 Å². The maximum absolute atomic E-state index is 4.81. The average Bonchev–Trinajstić information content (AvgIpc) is 2.96. The molecule has 3 heterocycles. The second-order valence-electron chi connectivity index (χ2n) is 5.02. The van der Waals surface area contributed by atoms with E-state index in [-0.39, 0.29) is 0 Å². The third kappa shape index (κ3) is 2.18. The first-order valence-corrected chi connectivity index (χ1v) is 7.44. The second-order valence-corrected chi connectivity index (χ2v) is 5.54. The van der Waals surface area contributed by atoms with Crippen molar-refractivity contribution >= 4 is 18.3 Å². The van der Waals surface area contributed by atoms with Gasteiger partial charge in [0.15, 0.2) is 0 Å². The van der Waals surface area contributed by atoms with Gasteiger partial charge in [-0.05, 0) is 36.4 Å². The molecule has 0 spiro atoms. The summed E-state index contributed by atoms with van der Waals surface area (Å²) in [6, 6.07) is 18.1. The van der Waals surface area contributed by atoms with Gasteiger partial charge >= 0.3 is 0 Å². The molecule has 1 aromatic carbocycles. The fourth-order valence-corrected chi connectivity index (χ4v) is 2.75. The Morgan fingerprint density at radius 2 is 1.59 bits per heavy atom. The Balaban J connectivity index is 2.04. The fourth-order valence-electron chi connectivity index (χ4n) is 2.60. The first-order valence-electron chi connectivity index (χ1n) is 7.00. The van der Waals surface area contributed by atoms with Gasteiger partial charge in [0.1, 0.15) is 5.65 Å². The predicted octanol–water partition coefficient (Wildman–Crippen LogP) is 4.35. The molecule has 3 aromatic heterocycles.